The molecule has 1 atom stereocenters. The van der Waals surface area contributed by atoms with Crippen LogP contribution in [-0.4, -0.2) is 31.9 Å². The van der Waals surface area contributed by atoms with Gasteiger partial charge in [0, 0.05) is 39.2 Å². The second-order valence-corrected chi connectivity index (χ2v) is 6.76. The second-order valence-electron chi connectivity index (χ2n) is 6.76. The smallest absolute Gasteiger partial charge is 0.328 e. The van der Waals surface area contributed by atoms with E-state index in [0.29, 0.717) is 5.56 Å². The molecular formula is C20H22N4O4. The number of non-ortho nitro benzene ring substituents is 1. The van der Waals surface area contributed by atoms with Crippen LogP contribution in [0.1, 0.15) is 24.9 Å². The molecule has 0 fully saturated rings. The molecule has 3 aromatic rings. The van der Waals surface area contributed by atoms with Crippen molar-refractivity contribution >= 4 is 22.6 Å². The molecule has 146 valence electrons. The third kappa shape index (κ3) is 3.53. The number of carbonyl (C=O) groups is 1. The number of aromatic nitrogens is 2. The Morgan fingerprint density at radius 2 is 1.86 bits per heavy atom. The Hall–Kier alpha value is -3.42. The SMILES string of the molecule is CC(c1cccc([N+](=O)[O-])c1)N(C)C(=O)CCn1c(=O)n(C)c2ccccc21. The fourth-order valence-corrected chi connectivity index (χ4v) is 3.30. The van der Waals surface area contributed by atoms with Crippen molar-refractivity contribution in [3.63, 3.8) is 0 Å². The van der Waals surface area contributed by atoms with Gasteiger partial charge in [-0.25, -0.2) is 4.79 Å². The number of benzene rings is 2. The van der Waals surface area contributed by atoms with Crippen molar-refractivity contribution in [1.29, 1.82) is 0 Å². The minimum Gasteiger partial charge on any atom is -0.339 e. The van der Waals surface area contributed by atoms with E-state index in [1.807, 2.05) is 31.2 Å². The van der Waals surface area contributed by atoms with Crippen LogP contribution in [-0.2, 0) is 18.4 Å². The topological polar surface area (TPSA) is 90.4 Å². The first-order valence-electron chi connectivity index (χ1n) is 8.95. The van der Waals surface area contributed by atoms with Gasteiger partial charge in [-0.15, -0.1) is 0 Å². The van der Waals surface area contributed by atoms with Gasteiger partial charge in [-0.2, -0.15) is 0 Å². The number of hydrogen-bond donors (Lipinski definition) is 0. The van der Waals surface area contributed by atoms with Gasteiger partial charge in [0.2, 0.25) is 5.91 Å². The number of fused-ring (bicyclic) bond motifs is 1. The van der Waals surface area contributed by atoms with Crippen LogP contribution in [0.5, 0.6) is 0 Å². The highest BCUT2D eigenvalue weighted by molar-refractivity contribution is 5.78. The van der Waals surface area contributed by atoms with Gasteiger partial charge in [-0.05, 0) is 24.6 Å². The summed E-state index contributed by atoms with van der Waals surface area (Å²) in [7, 11) is 3.37. The molecule has 1 heterocycles. The van der Waals surface area contributed by atoms with E-state index in [4.69, 9.17) is 0 Å². The third-order valence-electron chi connectivity index (χ3n) is 5.14. The van der Waals surface area contributed by atoms with Crippen LogP contribution in [0.2, 0.25) is 0 Å². The molecule has 0 aliphatic heterocycles. The highest BCUT2D eigenvalue weighted by Crippen LogP contribution is 2.23. The van der Waals surface area contributed by atoms with Crippen molar-refractivity contribution in [3.05, 3.63) is 74.7 Å². The largest absolute Gasteiger partial charge is 0.339 e. The lowest BCUT2D eigenvalue weighted by atomic mass is 10.1. The van der Waals surface area contributed by atoms with Crippen LogP contribution in [0.15, 0.2) is 53.3 Å². The first-order chi connectivity index (χ1) is 13.3. The Labute approximate surface area is 161 Å². The number of nitro groups is 1. The zero-order chi connectivity index (χ0) is 20.4. The summed E-state index contributed by atoms with van der Waals surface area (Å²) in [5.74, 6) is -0.140. The first kappa shape index (κ1) is 19.3. The predicted octanol–water partition coefficient (Wildman–Crippen LogP) is 2.86. The van der Waals surface area contributed by atoms with E-state index in [1.54, 1.807) is 40.3 Å². The lowest BCUT2D eigenvalue weighted by Gasteiger charge is -2.25. The van der Waals surface area contributed by atoms with Crippen molar-refractivity contribution in [3.8, 4) is 0 Å². The monoisotopic (exact) mass is 382 g/mol. The molecule has 0 aliphatic carbocycles. The Kier molecular flexibility index (Phi) is 5.30. The Balaban J connectivity index is 1.75. The quantitative estimate of drug-likeness (QED) is 0.484. The number of hydrogen-bond acceptors (Lipinski definition) is 4. The maximum Gasteiger partial charge on any atom is 0.328 e. The van der Waals surface area contributed by atoms with Crippen molar-refractivity contribution in [2.75, 3.05) is 7.05 Å². The van der Waals surface area contributed by atoms with Crippen molar-refractivity contribution < 1.29 is 9.72 Å². The van der Waals surface area contributed by atoms with E-state index in [1.165, 1.54) is 12.1 Å². The first-order valence-corrected chi connectivity index (χ1v) is 8.95. The fourth-order valence-electron chi connectivity index (χ4n) is 3.30. The number of para-hydroxylation sites is 2. The number of amides is 1. The molecule has 1 aromatic heterocycles. The summed E-state index contributed by atoms with van der Waals surface area (Å²) < 4.78 is 3.16. The number of rotatable bonds is 6. The minimum atomic E-state index is -0.453. The summed E-state index contributed by atoms with van der Waals surface area (Å²) in [6.07, 6.45) is 0.156. The number of carbonyl (C=O) groups excluding carboxylic acids is 1. The van der Waals surface area contributed by atoms with Gasteiger partial charge < -0.3 is 4.90 Å². The van der Waals surface area contributed by atoms with Crippen LogP contribution in [0, 0.1) is 10.1 Å². The van der Waals surface area contributed by atoms with E-state index >= 15 is 0 Å². The standard InChI is InChI=1S/C20H22N4O4/c1-14(15-7-6-8-16(13-15)24(27)28)21(2)19(25)11-12-23-18-10-5-4-9-17(18)22(3)20(23)26/h4-10,13-14H,11-12H2,1-3H3. The number of nitro benzene ring substituents is 1. The van der Waals surface area contributed by atoms with Gasteiger partial charge in [0.05, 0.1) is 22.0 Å². The van der Waals surface area contributed by atoms with Crippen molar-refractivity contribution in [1.82, 2.24) is 14.0 Å². The number of aryl methyl sites for hydroxylation is 2. The molecule has 0 saturated carbocycles. The van der Waals surface area contributed by atoms with E-state index in [0.717, 1.165) is 11.0 Å². The average Bonchev–Trinajstić information content (AvgIpc) is 2.95. The van der Waals surface area contributed by atoms with Gasteiger partial charge in [0.15, 0.2) is 0 Å². The Morgan fingerprint density at radius 3 is 2.54 bits per heavy atom. The zero-order valence-electron chi connectivity index (χ0n) is 16.0. The zero-order valence-corrected chi connectivity index (χ0v) is 16.0. The molecule has 1 unspecified atom stereocenters. The van der Waals surface area contributed by atoms with Gasteiger partial charge in [-0.1, -0.05) is 24.3 Å². The van der Waals surface area contributed by atoms with E-state index in [9.17, 15) is 19.7 Å². The van der Waals surface area contributed by atoms with E-state index in [-0.39, 0.29) is 36.3 Å². The maximum absolute atomic E-state index is 12.7. The van der Waals surface area contributed by atoms with Gasteiger partial charge in [0.1, 0.15) is 0 Å². The molecule has 0 aliphatic rings. The fraction of sp³-hybridized carbons (Fsp3) is 0.300. The van der Waals surface area contributed by atoms with Crippen LogP contribution >= 0.6 is 0 Å². The second kappa shape index (κ2) is 7.67. The summed E-state index contributed by atoms with van der Waals surface area (Å²) in [4.78, 5) is 37.2. The van der Waals surface area contributed by atoms with E-state index in [2.05, 4.69) is 0 Å². The highest BCUT2D eigenvalue weighted by atomic mass is 16.6. The molecule has 0 spiro atoms. The summed E-state index contributed by atoms with van der Waals surface area (Å²) >= 11 is 0. The van der Waals surface area contributed by atoms with Crippen LogP contribution in [0.4, 0.5) is 5.69 Å². The molecule has 28 heavy (non-hydrogen) atoms. The molecule has 8 heteroatoms. The van der Waals surface area contributed by atoms with Crippen LogP contribution < -0.4 is 5.69 Å². The summed E-state index contributed by atoms with van der Waals surface area (Å²) in [6.45, 7) is 2.09. The molecule has 2 aromatic carbocycles. The predicted molar refractivity (Wildman–Crippen MR) is 106 cm³/mol. The maximum atomic E-state index is 12.7. The number of nitrogens with zero attached hydrogens (tertiary/aromatic N) is 4. The minimum absolute atomic E-state index is 0.00694. The van der Waals surface area contributed by atoms with Crippen molar-refractivity contribution in [2.24, 2.45) is 7.05 Å². The molecular weight excluding hydrogens is 360 g/mol. The molecule has 0 bridgehead atoms. The van der Waals surface area contributed by atoms with Crippen LogP contribution in [0.25, 0.3) is 11.0 Å². The highest BCUT2D eigenvalue weighted by Gasteiger charge is 2.20. The molecule has 0 N–H and O–H groups in total. The van der Waals surface area contributed by atoms with Crippen molar-refractivity contribution in [2.45, 2.75) is 25.9 Å². The molecule has 0 radical (unpaired) electrons. The third-order valence-corrected chi connectivity index (χ3v) is 5.14. The molecule has 1 amide bonds. The lowest BCUT2D eigenvalue weighted by Crippen LogP contribution is -2.31. The van der Waals surface area contributed by atoms with E-state index < -0.39 is 4.92 Å². The summed E-state index contributed by atoms with van der Waals surface area (Å²) in [5.41, 5.74) is 2.12. The number of imidazole rings is 1. The van der Waals surface area contributed by atoms with Crippen LogP contribution in [0.3, 0.4) is 0 Å². The molecule has 8 nitrogen and oxygen atoms in total. The van der Waals surface area contributed by atoms with Gasteiger partial charge >= 0.3 is 5.69 Å². The molecule has 3 rings (SSSR count). The van der Waals surface area contributed by atoms with Gasteiger partial charge in [0.25, 0.3) is 5.69 Å². The summed E-state index contributed by atoms with van der Waals surface area (Å²) in [6, 6.07) is 13.4. The normalized spacial score (nSPS) is 12.1. The lowest BCUT2D eigenvalue weighted by molar-refractivity contribution is -0.384. The summed E-state index contributed by atoms with van der Waals surface area (Å²) in [5, 5.41) is 11.0. The van der Waals surface area contributed by atoms with Gasteiger partial charge in [-0.3, -0.25) is 24.0 Å². The Morgan fingerprint density at radius 1 is 1.18 bits per heavy atom. The average molecular weight is 382 g/mol. The molecule has 0 saturated heterocycles. The Bertz CT molecular complexity index is 1100.